The molecule has 2 aromatic rings. The maximum atomic E-state index is 12.3. The van der Waals surface area contributed by atoms with Crippen molar-refractivity contribution in [3.8, 4) is 11.5 Å². The first-order valence-electron chi connectivity index (χ1n) is 6.77. The summed E-state index contributed by atoms with van der Waals surface area (Å²) in [7, 11) is 0. The van der Waals surface area contributed by atoms with E-state index in [-0.39, 0.29) is 17.6 Å². The van der Waals surface area contributed by atoms with Crippen molar-refractivity contribution in [2.75, 3.05) is 0 Å². The lowest BCUT2D eigenvalue weighted by Crippen LogP contribution is -2.33. The minimum absolute atomic E-state index is 0.179. The molecular weight excluding hydrogens is 252 g/mol. The Hall–Kier alpha value is -2.03. The van der Waals surface area contributed by atoms with Crippen LogP contribution in [-0.4, -0.2) is 11.1 Å². The van der Waals surface area contributed by atoms with Crippen LogP contribution in [0.4, 0.5) is 0 Å². The molecule has 0 saturated carbocycles. The molecule has 0 atom stereocenters. The van der Waals surface area contributed by atoms with Gasteiger partial charge in [0.15, 0.2) is 0 Å². The summed E-state index contributed by atoms with van der Waals surface area (Å²) in [5.74, 6) is 0.586. The van der Waals surface area contributed by atoms with Crippen molar-refractivity contribution in [1.82, 2.24) is 0 Å². The molecule has 0 aliphatic heterocycles. The summed E-state index contributed by atoms with van der Waals surface area (Å²) in [6, 6.07) is 10.5. The Bertz CT molecular complexity index is 642. The fourth-order valence-electron chi connectivity index (χ4n) is 1.81. The Labute approximate surface area is 119 Å². The summed E-state index contributed by atoms with van der Waals surface area (Å²) >= 11 is 0. The summed E-state index contributed by atoms with van der Waals surface area (Å²) in [6.07, 6.45) is 0. The first kappa shape index (κ1) is 14.4. The van der Waals surface area contributed by atoms with E-state index in [0.29, 0.717) is 11.1 Å². The lowest BCUT2D eigenvalue weighted by molar-refractivity contribution is -0.146. The zero-order valence-corrected chi connectivity index (χ0v) is 12.3. The lowest BCUT2D eigenvalue weighted by Gasteiger charge is -2.26. The molecule has 0 aliphatic carbocycles. The number of carbonyl (C=O) groups excluding carboxylic acids is 1. The van der Waals surface area contributed by atoms with Crippen LogP contribution in [0.5, 0.6) is 11.5 Å². The number of phenolic OH excluding ortho intramolecular Hbond substituents is 1. The number of phenols is 1. The van der Waals surface area contributed by atoms with Crippen LogP contribution >= 0.6 is 0 Å². The van der Waals surface area contributed by atoms with Crippen molar-refractivity contribution in [2.45, 2.75) is 27.7 Å². The minimum Gasteiger partial charge on any atom is -0.507 e. The van der Waals surface area contributed by atoms with Gasteiger partial charge in [-0.05, 0) is 31.9 Å². The number of carbonyl (C=O) groups is 1. The van der Waals surface area contributed by atoms with Gasteiger partial charge in [-0.2, -0.15) is 0 Å². The Morgan fingerprint density at radius 3 is 2.30 bits per heavy atom. The second-order valence-electron chi connectivity index (χ2n) is 5.89. The third-order valence-electron chi connectivity index (χ3n) is 4.03. The van der Waals surface area contributed by atoms with Crippen molar-refractivity contribution in [2.24, 2.45) is 11.3 Å². The number of fused-ring (bicyclic) bond motifs is 1. The maximum absolute atomic E-state index is 12.3. The average Bonchev–Trinajstić information content (AvgIpc) is 2.42. The van der Waals surface area contributed by atoms with Crippen molar-refractivity contribution < 1.29 is 14.6 Å². The van der Waals surface area contributed by atoms with Crippen molar-refractivity contribution in [3.05, 3.63) is 36.4 Å². The third kappa shape index (κ3) is 2.48. The van der Waals surface area contributed by atoms with Crippen molar-refractivity contribution in [3.63, 3.8) is 0 Å². The van der Waals surface area contributed by atoms with Crippen LogP contribution in [0.25, 0.3) is 10.8 Å². The highest BCUT2D eigenvalue weighted by molar-refractivity contribution is 5.94. The quantitative estimate of drug-likeness (QED) is 0.675. The molecule has 0 saturated heterocycles. The second-order valence-corrected chi connectivity index (χ2v) is 5.89. The van der Waals surface area contributed by atoms with E-state index in [9.17, 15) is 9.90 Å². The number of aromatic hydroxyl groups is 1. The molecule has 0 spiro atoms. The van der Waals surface area contributed by atoms with Gasteiger partial charge in [0, 0.05) is 10.8 Å². The molecule has 2 aromatic carbocycles. The summed E-state index contributed by atoms with van der Waals surface area (Å²) in [4.78, 5) is 12.3. The average molecular weight is 272 g/mol. The van der Waals surface area contributed by atoms with Crippen LogP contribution in [0.2, 0.25) is 0 Å². The molecule has 2 rings (SSSR count). The van der Waals surface area contributed by atoms with Crippen LogP contribution in [0.1, 0.15) is 27.7 Å². The van der Waals surface area contributed by atoms with E-state index in [4.69, 9.17) is 4.74 Å². The van der Waals surface area contributed by atoms with Gasteiger partial charge in [-0.15, -0.1) is 0 Å². The molecule has 0 aromatic heterocycles. The van der Waals surface area contributed by atoms with Crippen LogP contribution < -0.4 is 4.74 Å². The van der Waals surface area contributed by atoms with E-state index in [2.05, 4.69) is 0 Å². The predicted molar refractivity (Wildman–Crippen MR) is 79.9 cm³/mol. The summed E-state index contributed by atoms with van der Waals surface area (Å²) in [6.45, 7) is 7.75. The maximum Gasteiger partial charge on any atom is 0.317 e. The SMILES string of the molecule is CC(C)C(C)(C)C(=O)Oc1ccc(O)c2ccccc12. The lowest BCUT2D eigenvalue weighted by atomic mass is 9.81. The predicted octanol–water partition coefficient (Wildman–Crippen LogP) is 4.13. The zero-order chi connectivity index (χ0) is 14.9. The third-order valence-corrected chi connectivity index (χ3v) is 4.03. The van der Waals surface area contributed by atoms with Gasteiger partial charge in [-0.25, -0.2) is 0 Å². The van der Waals surface area contributed by atoms with Gasteiger partial charge < -0.3 is 9.84 Å². The summed E-state index contributed by atoms with van der Waals surface area (Å²) in [5, 5.41) is 11.3. The highest BCUT2D eigenvalue weighted by Crippen LogP contribution is 2.34. The molecule has 0 unspecified atom stereocenters. The zero-order valence-electron chi connectivity index (χ0n) is 12.3. The van der Waals surface area contributed by atoms with Crippen LogP contribution in [0.3, 0.4) is 0 Å². The smallest absolute Gasteiger partial charge is 0.317 e. The fraction of sp³-hybridized carbons (Fsp3) is 0.353. The van der Waals surface area contributed by atoms with Gasteiger partial charge in [0.25, 0.3) is 0 Å². The molecule has 0 fully saturated rings. The summed E-state index contributed by atoms with van der Waals surface area (Å²) < 4.78 is 5.56. The van der Waals surface area contributed by atoms with Gasteiger partial charge in [-0.1, -0.05) is 38.1 Å². The number of benzene rings is 2. The van der Waals surface area contributed by atoms with Gasteiger partial charge in [0.1, 0.15) is 11.5 Å². The van der Waals surface area contributed by atoms with Gasteiger partial charge in [0.05, 0.1) is 5.41 Å². The number of hydrogen-bond donors (Lipinski definition) is 1. The van der Waals surface area contributed by atoms with Gasteiger partial charge in [-0.3, -0.25) is 4.79 Å². The monoisotopic (exact) mass is 272 g/mol. The molecule has 20 heavy (non-hydrogen) atoms. The fourth-order valence-corrected chi connectivity index (χ4v) is 1.81. The molecule has 106 valence electrons. The Balaban J connectivity index is 2.41. The molecule has 1 N–H and O–H groups in total. The molecule has 3 nitrogen and oxygen atoms in total. The Morgan fingerprint density at radius 2 is 1.70 bits per heavy atom. The normalized spacial score (nSPS) is 11.8. The van der Waals surface area contributed by atoms with Gasteiger partial charge in [0.2, 0.25) is 0 Å². The van der Waals surface area contributed by atoms with E-state index in [1.165, 1.54) is 0 Å². The standard InChI is InChI=1S/C17H20O3/c1-11(2)17(3,4)16(19)20-15-10-9-14(18)12-7-5-6-8-13(12)15/h5-11,18H,1-4H3. The highest BCUT2D eigenvalue weighted by atomic mass is 16.5. The second kappa shape index (κ2) is 5.16. The summed E-state index contributed by atoms with van der Waals surface area (Å²) in [5.41, 5.74) is -0.557. The Kier molecular flexibility index (Phi) is 3.71. The largest absolute Gasteiger partial charge is 0.507 e. The number of hydrogen-bond acceptors (Lipinski definition) is 3. The van der Waals surface area contributed by atoms with Crippen molar-refractivity contribution in [1.29, 1.82) is 0 Å². The Morgan fingerprint density at radius 1 is 1.10 bits per heavy atom. The van der Waals surface area contributed by atoms with E-state index >= 15 is 0 Å². The van der Waals surface area contributed by atoms with Crippen LogP contribution in [0.15, 0.2) is 36.4 Å². The molecular formula is C17H20O3. The molecule has 3 heteroatoms. The van der Waals surface area contributed by atoms with E-state index in [1.807, 2.05) is 45.9 Å². The van der Waals surface area contributed by atoms with Crippen LogP contribution in [-0.2, 0) is 4.79 Å². The van der Waals surface area contributed by atoms with Gasteiger partial charge >= 0.3 is 5.97 Å². The molecule has 0 aliphatic rings. The van der Waals surface area contributed by atoms with E-state index in [1.54, 1.807) is 18.2 Å². The van der Waals surface area contributed by atoms with Crippen molar-refractivity contribution >= 4 is 16.7 Å². The first-order chi connectivity index (χ1) is 9.34. The molecule has 0 radical (unpaired) electrons. The number of ether oxygens (including phenoxy) is 1. The molecule has 0 bridgehead atoms. The van der Waals surface area contributed by atoms with E-state index in [0.717, 1.165) is 5.39 Å². The number of rotatable bonds is 3. The topological polar surface area (TPSA) is 46.5 Å². The highest BCUT2D eigenvalue weighted by Gasteiger charge is 2.33. The van der Waals surface area contributed by atoms with Crippen LogP contribution in [0, 0.1) is 11.3 Å². The minimum atomic E-state index is -0.557. The first-order valence-corrected chi connectivity index (χ1v) is 6.77. The molecule has 0 amide bonds. The number of esters is 1. The molecule has 0 heterocycles. The van der Waals surface area contributed by atoms with E-state index < -0.39 is 5.41 Å².